The van der Waals surface area contributed by atoms with Crippen molar-refractivity contribution in [3.8, 4) is 5.75 Å². The molecule has 6 nitrogen and oxygen atoms in total. The second kappa shape index (κ2) is 7.37. The minimum atomic E-state index is -0.906. The number of benzene rings is 1. The molecule has 1 aromatic carbocycles. The zero-order valence-corrected chi connectivity index (χ0v) is 11.6. The molecule has 0 amide bonds. The Bertz CT molecular complexity index is 468. The van der Waals surface area contributed by atoms with Gasteiger partial charge in [0, 0.05) is 18.8 Å². The molecule has 6 heteroatoms. The Morgan fingerprint density at radius 3 is 2.10 bits per heavy atom. The van der Waals surface area contributed by atoms with Crippen LogP contribution in [0, 0.1) is 6.92 Å². The topological polar surface area (TPSA) is 87.1 Å². The summed E-state index contributed by atoms with van der Waals surface area (Å²) in [5.41, 5.74) is 1.74. The van der Waals surface area contributed by atoms with Crippen LogP contribution in [-0.2, 0) is 9.59 Å². The number of anilines is 1. The van der Waals surface area contributed by atoms with Gasteiger partial charge in [0.1, 0.15) is 5.75 Å². The molecule has 0 bridgehead atoms. The first-order chi connectivity index (χ1) is 9.43. The summed E-state index contributed by atoms with van der Waals surface area (Å²) in [7, 11) is 1.57. The monoisotopic (exact) mass is 281 g/mol. The molecule has 0 aliphatic rings. The Hall–Kier alpha value is -2.24. The maximum atomic E-state index is 10.7. The van der Waals surface area contributed by atoms with Crippen LogP contribution in [0.2, 0.25) is 0 Å². The van der Waals surface area contributed by atoms with Crippen molar-refractivity contribution < 1.29 is 24.5 Å². The van der Waals surface area contributed by atoms with Gasteiger partial charge >= 0.3 is 11.9 Å². The van der Waals surface area contributed by atoms with Crippen molar-refractivity contribution in [1.82, 2.24) is 0 Å². The van der Waals surface area contributed by atoms with Crippen molar-refractivity contribution >= 4 is 17.6 Å². The average molecular weight is 281 g/mol. The quantitative estimate of drug-likeness (QED) is 0.755. The average Bonchev–Trinajstić information content (AvgIpc) is 2.39. The van der Waals surface area contributed by atoms with Gasteiger partial charge in [0.2, 0.25) is 0 Å². The maximum absolute atomic E-state index is 10.7. The van der Waals surface area contributed by atoms with Gasteiger partial charge in [-0.15, -0.1) is 0 Å². The number of carboxylic acids is 2. The fraction of sp³-hybridized carbons (Fsp3) is 0.429. The molecule has 0 saturated heterocycles. The lowest BCUT2D eigenvalue weighted by molar-refractivity contribution is -0.137. The Morgan fingerprint density at radius 2 is 1.70 bits per heavy atom. The van der Waals surface area contributed by atoms with E-state index in [4.69, 9.17) is 14.9 Å². The van der Waals surface area contributed by atoms with Crippen LogP contribution in [0.25, 0.3) is 0 Å². The van der Waals surface area contributed by atoms with Crippen LogP contribution in [-0.4, -0.2) is 42.4 Å². The molecule has 0 saturated carbocycles. The molecular formula is C14H19NO5. The van der Waals surface area contributed by atoms with Crippen molar-refractivity contribution in [2.45, 2.75) is 19.8 Å². The molecule has 0 atom stereocenters. The van der Waals surface area contributed by atoms with Gasteiger partial charge in [0.25, 0.3) is 0 Å². The molecule has 2 N–H and O–H groups in total. The van der Waals surface area contributed by atoms with Gasteiger partial charge in [-0.2, -0.15) is 0 Å². The highest BCUT2D eigenvalue weighted by Crippen LogP contribution is 2.25. The van der Waals surface area contributed by atoms with Crippen LogP contribution in [0.4, 0.5) is 5.69 Å². The Morgan fingerprint density at radius 1 is 1.15 bits per heavy atom. The van der Waals surface area contributed by atoms with E-state index in [-0.39, 0.29) is 25.9 Å². The highest BCUT2D eigenvalue weighted by molar-refractivity contribution is 5.69. The summed E-state index contributed by atoms with van der Waals surface area (Å²) in [6.07, 6.45) is -0.0732. The van der Waals surface area contributed by atoms with Gasteiger partial charge in [0.05, 0.1) is 20.0 Å². The largest absolute Gasteiger partial charge is 0.497 e. The number of carbonyl (C=O) groups is 2. The third-order valence-electron chi connectivity index (χ3n) is 2.94. The minimum Gasteiger partial charge on any atom is -0.497 e. The van der Waals surface area contributed by atoms with Crippen molar-refractivity contribution in [2.75, 3.05) is 25.1 Å². The fourth-order valence-corrected chi connectivity index (χ4v) is 1.92. The molecule has 1 rings (SSSR count). The zero-order valence-electron chi connectivity index (χ0n) is 11.6. The van der Waals surface area contributed by atoms with Gasteiger partial charge in [-0.3, -0.25) is 9.59 Å². The molecule has 20 heavy (non-hydrogen) atoms. The Balaban J connectivity index is 2.89. The second-order valence-corrected chi connectivity index (χ2v) is 4.43. The maximum Gasteiger partial charge on any atom is 0.305 e. The van der Waals surface area contributed by atoms with Crippen molar-refractivity contribution in [2.24, 2.45) is 0 Å². The van der Waals surface area contributed by atoms with Crippen LogP contribution in [0.3, 0.4) is 0 Å². The molecular weight excluding hydrogens is 262 g/mol. The molecule has 1 aromatic rings. The number of aliphatic carboxylic acids is 2. The zero-order chi connectivity index (χ0) is 15.1. The van der Waals surface area contributed by atoms with Crippen molar-refractivity contribution in [1.29, 1.82) is 0 Å². The first kappa shape index (κ1) is 15.8. The smallest absolute Gasteiger partial charge is 0.305 e. The number of carboxylic acid groups (broad SMARTS) is 2. The minimum absolute atomic E-state index is 0.0366. The molecule has 0 aliphatic heterocycles. The van der Waals surface area contributed by atoms with Crippen LogP contribution in [0.15, 0.2) is 18.2 Å². The van der Waals surface area contributed by atoms with E-state index in [0.717, 1.165) is 11.3 Å². The second-order valence-electron chi connectivity index (χ2n) is 4.43. The summed E-state index contributed by atoms with van der Waals surface area (Å²) in [6, 6.07) is 5.43. The molecule has 0 spiro atoms. The highest BCUT2D eigenvalue weighted by Gasteiger charge is 2.13. The summed E-state index contributed by atoms with van der Waals surface area (Å²) < 4.78 is 5.12. The van der Waals surface area contributed by atoms with Crippen molar-refractivity contribution in [3.63, 3.8) is 0 Å². The lowest BCUT2D eigenvalue weighted by atomic mass is 10.1. The van der Waals surface area contributed by atoms with Gasteiger partial charge < -0.3 is 19.8 Å². The van der Waals surface area contributed by atoms with E-state index in [1.54, 1.807) is 18.1 Å². The summed E-state index contributed by atoms with van der Waals surface area (Å²) in [5, 5.41) is 17.6. The van der Waals surface area contributed by atoms with Gasteiger partial charge in [-0.25, -0.2) is 0 Å². The SMILES string of the molecule is COc1ccc(N(CCC(=O)O)CCC(=O)O)c(C)c1. The normalized spacial score (nSPS) is 10.1. The standard InChI is InChI=1S/C14H19NO5/c1-10-9-11(20-2)3-4-12(10)15(7-5-13(16)17)8-6-14(18)19/h3-4,9H,5-8H2,1-2H3,(H,16,17)(H,18,19). The van der Waals surface area contributed by atoms with Crippen LogP contribution in [0.1, 0.15) is 18.4 Å². The number of rotatable bonds is 8. The summed E-state index contributed by atoms with van der Waals surface area (Å²) >= 11 is 0. The molecule has 0 unspecified atom stereocenters. The predicted molar refractivity (Wildman–Crippen MR) is 74.4 cm³/mol. The van der Waals surface area contributed by atoms with E-state index < -0.39 is 11.9 Å². The molecule has 0 aliphatic carbocycles. The third kappa shape index (κ3) is 4.79. The predicted octanol–water partition coefficient (Wildman–Crippen LogP) is 1.76. The van der Waals surface area contributed by atoms with Gasteiger partial charge in [-0.1, -0.05) is 0 Å². The Labute approximate surface area is 117 Å². The number of hydrogen-bond acceptors (Lipinski definition) is 4. The number of hydrogen-bond donors (Lipinski definition) is 2. The number of aryl methyl sites for hydroxylation is 1. The van der Waals surface area contributed by atoms with E-state index in [1.165, 1.54) is 0 Å². The molecule has 0 radical (unpaired) electrons. The molecule has 0 heterocycles. The lowest BCUT2D eigenvalue weighted by Crippen LogP contribution is -2.29. The molecule has 0 aromatic heterocycles. The van der Waals surface area contributed by atoms with Gasteiger partial charge in [0.15, 0.2) is 0 Å². The number of ether oxygens (including phenoxy) is 1. The molecule has 0 fully saturated rings. The fourth-order valence-electron chi connectivity index (χ4n) is 1.92. The van der Waals surface area contributed by atoms with Crippen molar-refractivity contribution in [3.05, 3.63) is 23.8 Å². The van der Waals surface area contributed by atoms with E-state index >= 15 is 0 Å². The van der Waals surface area contributed by atoms with Gasteiger partial charge in [-0.05, 0) is 30.7 Å². The number of methoxy groups -OCH3 is 1. The van der Waals surface area contributed by atoms with E-state index in [2.05, 4.69) is 0 Å². The summed E-state index contributed by atoms with van der Waals surface area (Å²) in [4.78, 5) is 23.2. The van der Waals surface area contributed by atoms with E-state index in [0.29, 0.717) is 5.75 Å². The Kier molecular flexibility index (Phi) is 5.83. The van der Waals surface area contributed by atoms with Crippen LogP contribution >= 0.6 is 0 Å². The first-order valence-corrected chi connectivity index (χ1v) is 6.27. The van der Waals surface area contributed by atoms with Crippen LogP contribution < -0.4 is 9.64 Å². The van der Waals surface area contributed by atoms with E-state index in [1.807, 2.05) is 19.1 Å². The summed E-state index contributed by atoms with van der Waals surface area (Å²) in [5.74, 6) is -1.10. The number of nitrogens with zero attached hydrogens (tertiary/aromatic N) is 1. The highest BCUT2D eigenvalue weighted by atomic mass is 16.5. The molecule has 110 valence electrons. The third-order valence-corrected chi connectivity index (χ3v) is 2.94. The van der Waals surface area contributed by atoms with Crippen LogP contribution in [0.5, 0.6) is 5.75 Å². The first-order valence-electron chi connectivity index (χ1n) is 6.27. The lowest BCUT2D eigenvalue weighted by Gasteiger charge is -2.25. The summed E-state index contributed by atoms with van der Waals surface area (Å²) in [6.45, 7) is 2.43. The van der Waals surface area contributed by atoms with E-state index in [9.17, 15) is 9.59 Å².